The van der Waals surface area contributed by atoms with Crippen LogP contribution in [0.4, 0.5) is 4.79 Å². The second-order valence-corrected chi connectivity index (χ2v) is 4.67. The number of methoxy groups -OCH3 is 1. The number of carbonyl (C=O) groups is 2. The zero-order valence-corrected chi connectivity index (χ0v) is 11.6. The van der Waals surface area contributed by atoms with E-state index in [0.29, 0.717) is 25.9 Å². The van der Waals surface area contributed by atoms with Gasteiger partial charge in [-0.2, -0.15) is 0 Å². The van der Waals surface area contributed by atoms with Crippen LogP contribution in [0, 0.1) is 0 Å². The first-order valence-electron chi connectivity index (χ1n) is 6.16. The molecule has 0 radical (unpaired) electrons. The first kappa shape index (κ1) is 16.7. The van der Waals surface area contributed by atoms with Crippen molar-refractivity contribution in [3.63, 3.8) is 0 Å². The molecule has 0 aliphatic heterocycles. The molecule has 0 spiro atoms. The number of ether oxygens (including phenoxy) is 1. The number of nitrogens with one attached hydrogen (secondary N) is 2. The second-order valence-electron chi connectivity index (χ2n) is 4.67. The highest BCUT2D eigenvalue weighted by atomic mass is 16.5. The zero-order valence-electron chi connectivity index (χ0n) is 11.6. The molecule has 106 valence electrons. The van der Waals surface area contributed by atoms with Gasteiger partial charge in [0.05, 0.1) is 0 Å². The number of urea groups is 1. The maximum absolute atomic E-state index is 11.7. The number of amides is 2. The Morgan fingerprint density at radius 1 is 1.44 bits per heavy atom. The van der Waals surface area contributed by atoms with Crippen LogP contribution in [-0.4, -0.2) is 42.4 Å². The topological polar surface area (TPSA) is 87.7 Å². The number of carboxylic acid groups (broad SMARTS) is 1. The average molecular weight is 260 g/mol. The molecule has 0 aliphatic rings. The fraction of sp³-hybridized carbons (Fsp3) is 0.833. The van der Waals surface area contributed by atoms with Gasteiger partial charge in [-0.05, 0) is 26.7 Å². The van der Waals surface area contributed by atoms with Crippen molar-refractivity contribution in [1.82, 2.24) is 10.6 Å². The minimum absolute atomic E-state index is 0.0652. The van der Waals surface area contributed by atoms with Crippen LogP contribution >= 0.6 is 0 Å². The molecule has 0 aromatic carbocycles. The minimum Gasteiger partial charge on any atom is -0.480 e. The Labute approximate surface area is 108 Å². The molecule has 0 fully saturated rings. The van der Waals surface area contributed by atoms with Crippen LogP contribution in [0.2, 0.25) is 0 Å². The molecule has 0 rings (SSSR count). The van der Waals surface area contributed by atoms with Gasteiger partial charge in [0.1, 0.15) is 5.54 Å². The molecule has 0 aliphatic carbocycles. The maximum atomic E-state index is 11.7. The van der Waals surface area contributed by atoms with Crippen LogP contribution in [-0.2, 0) is 9.53 Å². The lowest BCUT2D eigenvalue weighted by Crippen LogP contribution is -2.56. The largest absolute Gasteiger partial charge is 0.480 e. The van der Waals surface area contributed by atoms with Crippen molar-refractivity contribution in [2.24, 2.45) is 0 Å². The Kier molecular flexibility index (Phi) is 7.35. The number of carbonyl (C=O) groups excluding carboxylic acids is 1. The summed E-state index contributed by atoms with van der Waals surface area (Å²) < 4.78 is 4.91. The van der Waals surface area contributed by atoms with Crippen molar-refractivity contribution in [2.45, 2.75) is 51.6 Å². The SMILES string of the molecule is CCCC(C)(NC(=O)NC(C)CCOC)C(=O)O. The minimum atomic E-state index is -1.22. The molecule has 6 heteroatoms. The molecule has 0 saturated carbocycles. The number of hydrogen-bond donors (Lipinski definition) is 3. The highest BCUT2D eigenvalue weighted by Gasteiger charge is 2.33. The molecule has 0 bridgehead atoms. The van der Waals surface area contributed by atoms with Crippen LogP contribution in [0.25, 0.3) is 0 Å². The van der Waals surface area contributed by atoms with E-state index in [1.807, 2.05) is 13.8 Å². The molecule has 0 heterocycles. The number of hydrogen-bond acceptors (Lipinski definition) is 3. The molecular weight excluding hydrogens is 236 g/mol. The van der Waals surface area contributed by atoms with Crippen molar-refractivity contribution in [2.75, 3.05) is 13.7 Å². The third kappa shape index (κ3) is 5.86. The summed E-state index contributed by atoms with van der Waals surface area (Å²) in [6, 6.07) is -0.526. The number of rotatable bonds is 8. The molecule has 2 unspecified atom stereocenters. The molecule has 3 N–H and O–H groups in total. The first-order valence-corrected chi connectivity index (χ1v) is 6.16. The third-order valence-corrected chi connectivity index (χ3v) is 2.74. The molecule has 6 nitrogen and oxygen atoms in total. The van der Waals surface area contributed by atoms with Gasteiger partial charge in [-0.3, -0.25) is 0 Å². The number of aliphatic carboxylic acids is 1. The molecule has 2 atom stereocenters. The molecule has 0 saturated heterocycles. The average Bonchev–Trinajstić information content (AvgIpc) is 2.26. The molecule has 18 heavy (non-hydrogen) atoms. The van der Waals surface area contributed by atoms with Gasteiger partial charge < -0.3 is 20.5 Å². The fourth-order valence-electron chi connectivity index (χ4n) is 1.60. The summed E-state index contributed by atoms with van der Waals surface area (Å²) in [5.74, 6) is -1.02. The summed E-state index contributed by atoms with van der Waals surface area (Å²) in [6.07, 6.45) is 1.76. The molecule has 0 aromatic rings. The Hall–Kier alpha value is -1.30. The zero-order chi connectivity index (χ0) is 14.2. The van der Waals surface area contributed by atoms with Crippen LogP contribution in [0.15, 0.2) is 0 Å². The van der Waals surface area contributed by atoms with Gasteiger partial charge in [-0.15, -0.1) is 0 Å². The number of carboxylic acids is 1. The van der Waals surface area contributed by atoms with E-state index in [1.165, 1.54) is 6.92 Å². The Morgan fingerprint density at radius 3 is 2.50 bits per heavy atom. The lowest BCUT2D eigenvalue weighted by Gasteiger charge is -2.26. The van der Waals surface area contributed by atoms with E-state index in [2.05, 4.69) is 10.6 Å². The monoisotopic (exact) mass is 260 g/mol. The maximum Gasteiger partial charge on any atom is 0.329 e. The smallest absolute Gasteiger partial charge is 0.329 e. The summed E-state index contributed by atoms with van der Waals surface area (Å²) >= 11 is 0. The van der Waals surface area contributed by atoms with Crippen LogP contribution in [0.1, 0.15) is 40.0 Å². The van der Waals surface area contributed by atoms with Crippen LogP contribution in [0.3, 0.4) is 0 Å². The molecular formula is C12H24N2O4. The standard InChI is InChI=1S/C12H24N2O4/c1-5-7-12(3,10(15)16)14-11(17)13-9(2)6-8-18-4/h9H,5-8H2,1-4H3,(H,15,16)(H2,13,14,17). The normalized spacial score (nSPS) is 15.6. The van der Waals surface area contributed by atoms with Gasteiger partial charge in [0.2, 0.25) is 0 Å². The van der Waals surface area contributed by atoms with Crippen LogP contribution in [0.5, 0.6) is 0 Å². The lowest BCUT2D eigenvalue weighted by atomic mass is 9.96. The van der Waals surface area contributed by atoms with Gasteiger partial charge in [0, 0.05) is 19.8 Å². The van der Waals surface area contributed by atoms with Crippen LogP contribution < -0.4 is 10.6 Å². The summed E-state index contributed by atoms with van der Waals surface area (Å²) in [5.41, 5.74) is -1.22. The second kappa shape index (κ2) is 7.92. The van der Waals surface area contributed by atoms with E-state index in [4.69, 9.17) is 9.84 Å². The first-order chi connectivity index (χ1) is 8.35. The summed E-state index contributed by atoms with van der Waals surface area (Å²) in [6.45, 7) is 5.78. The Morgan fingerprint density at radius 2 is 2.06 bits per heavy atom. The van der Waals surface area contributed by atoms with E-state index in [1.54, 1.807) is 7.11 Å². The van der Waals surface area contributed by atoms with Crippen molar-refractivity contribution >= 4 is 12.0 Å². The summed E-state index contributed by atoms with van der Waals surface area (Å²) in [7, 11) is 1.59. The van der Waals surface area contributed by atoms with E-state index < -0.39 is 17.5 Å². The Balaban J connectivity index is 4.30. The van der Waals surface area contributed by atoms with E-state index in [9.17, 15) is 9.59 Å². The predicted octanol–water partition coefficient (Wildman–Crippen LogP) is 1.35. The summed E-state index contributed by atoms with van der Waals surface area (Å²) in [5, 5.41) is 14.3. The van der Waals surface area contributed by atoms with Gasteiger partial charge in [-0.1, -0.05) is 13.3 Å². The van der Waals surface area contributed by atoms with Crippen molar-refractivity contribution < 1.29 is 19.4 Å². The van der Waals surface area contributed by atoms with E-state index >= 15 is 0 Å². The van der Waals surface area contributed by atoms with E-state index in [0.717, 1.165) is 0 Å². The molecule has 0 aromatic heterocycles. The third-order valence-electron chi connectivity index (χ3n) is 2.74. The van der Waals surface area contributed by atoms with E-state index in [-0.39, 0.29) is 6.04 Å². The van der Waals surface area contributed by atoms with Gasteiger partial charge >= 0.3 is 12.0 Å². The highest BCUT2D eigenvalue weighted by Crippen LogP contribution is 2.12. The van der Waals surface area contributed by atoms with Gasteiger partial charge in [0.25, 0.3) is 0 Å². The Bertz CT molecular complexity index is 283. The molecule has 2 amide bonds. The van der Waals surface area contributed by atoms with Crippen molar-refractivity contribution in [3.8, 4) is 0 Å². The lowest BCUT2D eigenvalue weighted by molar-refractivity contribution is -0.144. The quantitative estimate of drug-likeness (QED) is 0.615. The van der Waals surface area contributed by atoms with Gasteiger partial charge in [-0.25, -0.2) is 9.59 Å². The van der Waals surface area contributed by atoms with Crippen molar-refractivity contribution in [1.29, 1.82) is 0 Å². The fourth-order valence-corrected chi connectivity index (χ4v) is 1.60. The predicted molar refractivity (Wildman–Crippen MR) is 68.6 cm³/mol. The highest BCUT2D eigenvalue weighted by molar-refractivity contribution is 5.85. The summed E-state index contributed by atoms with van der Waals surface area (Å²) in [4.78, 5) is 22.8. The van der Waals surface area contributed by atoms with Gasteiger partial charge in [0.15, 0.2) is 0 Å². The van der Waals surface area contributed by atoms with Crippen molar-refractivity contribution in [3.05, 3.63) is 0 Å².